The summed E-state index contributed by atoms with van der Waals surface area (Å²) in [5.74, 6) is 0.296. The third kappa shape index (κ3) is 5.52. The Bertz CT molecular complexity index is 987. The number of sulfonamides is 1. The molecule has 2 N–H and O–H groups in total. The van der Waals surface area contributed by atoms with Crippen molar-refractivity contribution >= 4 is 15.9 Å². The zero-order valence-corrected chi connectivity index (χ0v) is 18.3. The van der Waals surface area contributed by atoms with Crippen molar-refractivity contribution in [2.75, 3.05) is 13.2 Å². The van der Waals surface area contributed by atoms with Crippen LogP contribution in [-0.4, -0.2) is 33.6 Å². The molecule has 0 bridgehead atoms. The van der Waals surface area contributed by atoms with Crippen LogP contribution in [0.3, 0.4) is 0 Å². The van der Waals surface area contributed by atoms with Crippen molar-refractivity contribution in [2.24, 2.45) is 5.92 Å². The van der Waals surface area contributed by atoms with Crippen molar-refractivity contribution < 1.29 is 22.7 Å². The number of hydrogen-bond donors (Lipinski definition) is 2. The summed E-state index contributed by atoms with van der Waals surface area (Å²) in [7, 11) is -3.93. The van der Waals surface area contributed by atoms with E-state index in [2.05, 4.69) is 10.0 Å². The number of fused-ring (bicyclic) bond motifs is 1. The molecule has 0 saturated heterocycles. The molecule has 0 radical (unpaired) electrons. The number of aryl methyl sites for hydroxylation is 1. The molecule has 8 heteroatoms. The maximum atomic E-state index is 12.9. The Morgan fingerprint density at radius 1 is 1.03 bits per heavy atom. The molecule has 1 heterocycles. The molecule has 30 heavy (non-hydrogen) atoms. The quantitative estimate of drug-likeness (QED) is 0.702. The first-order valence-corrected chi connectivity index (χ1v) is 11.5. The first-order valence-electron chi connectivity index (χ1n) is 10.0. The maximum absolute atomic E-state index is 12.9. The zero-order chi connectivity index (χ0) is 21.7. The molecule has 162 valence electrons. The van der Waals surface area contributed by atoms with E-state index in [0.717, 1.165) is 17.5 Å². The minimum Gasteiger partial charge on any atom is -0.490 e. The average molecular weight is 433 g/mol. The van der Waals surface area contributed by atoms with E-state index >= 15 is 0 Å². The molecule has 2 aromatic rings. The molecule has 0 aromatic heterocycles. The van der Waals surface area contributed by atoms with Crippen molar-refractivity contribution in [1.82, 2.24) is 10.0 Å². The van der Waals surface area contributed by atoms with Crippen molar-refractivity contribution in [2.45, 2.75) is 44.7 Å². The third-order valence-corrected chi connectivity index (χ3v) is 6.29. The highest BCUT2D eigenvalue weighted by molar-refractivity contribution is 7.89. The van der Waals surface area contributed by atoms with E-state index in [0.29, 0.717) is 31.3 Å². The van der Waals surface area contributed by atoms with Gasteiger partial charge < -0.3 is 14.8 Å². The van der Waals surface area contributed by atoms with Crippen LogP contribution in [0.1, 0.15) is 31.4 Å². The lowest BCUT2D eigenvalue weighted by Crippen LogP contribution is -2.49. The van der Waals surface area contributed by atoms with Gasteiger partial charge in [-0.1, -0.05) is 43.7 Å². The average Bonchev–Trinajstić information content (AvgIpc) is 2.96. The van der Waals surface area contributed by atoms with E-state index in [1.807, 2.05) is 31.2 Å². The first kappa shape index (κ1) is 22.1. The third-order valence-electron chi connectivity index (χ3n) is 4.85. The van der Waals surface area contributed by atoms with Gasteiger partial charge in [0.2, 0.25) is 15.9 Å². The number of rotatable bonds is 7. The van der Waals surface area contributed by atoms with Gasteiger partial charge >= 0.3 is 0 Å². The van der Waals surface area contributed by atoms with Gasteiger partial charge in [-0.25, -0.2) is 8.42 Å². The Morgan fingerprint density at radius 2 is 1.70 bits per heavy atom. The second kappa shape index (κ2) is 9.49. The number of carbonyl (C=O) groups excluding carboxylic acids is 1. The highest BCUT2D eigenvalue weighted by Gasteiger charge is 2.29. The summed E-state index contributed by atoms with van der Waals surface area (Å²) in [4.78, 5) is 12.8. The number of ether oxygens (including phenoxy) is 2. The zero-order valence-electron chi connectivity index (χ0n) is 17.5. The summed E-state index contributed by atoms with van der Waals surface area (Å²) in [5, 5.41) is 2.82. The number of carbonyl (C=O) groups is 1. The molecule has 1 aliphatic heterocycles. The summed E-state index contributed by atoms with van der Waals surface area (Å²) in [6, 6.07) is 11.4. The number of benzene rings is 2. The summed E-state index contributed by atoms with van der Waals surface area (Å²) in [6.45, 7) is 6.90. The van der Waals surface area contributed by atoms with Crippen LogP contribution in [0, 0.1) is 12.8 Å². The molecular weight excluding hydrogens is 404 g/mol. The summed E-state index contributed by atoms with van der Waals surface area (Å²) < 4.78 is 39.6. The Kier molecular flexibility index (Phi) is 6.99. The van der Waals surface area contributed by atoms with Gasteiger partial charge in [0.05, 0.1) is 18.1 Å². The molecule has 3 rings (SSSR count). The lowest BCUT2D eigenvalue weighted by molar-refractivity contribution is -0.123. The van der Waals surface area contributed by atoms with Gasteiger partial charge in [-0.2, -0.15) is 4.72 Å². The molecule has 1 atom stereocenters. The summed E-state index contributed by atoms with van der Waals surface area (Å²) >= 11 is 0. The Balaban J connectivity index is 1.72. The van der Waals surface area contributed by atoms with Crippen LogP contribution < -0.4 is 19.5 Å². The van der Waals surface area contributed by atoms with E-state index < -0.39 is 16.1 Å². The minimum atomic E-state index is -3.93. The fourth-order valence-electron chi connectivity index (χ4n) is 3.04. The number of nitrogens with one attached hydrogen (secondary N) is 2. The van der Waals surface area contributed by atoms with Crippen LogP contribution >= 0.6 is 0 Å². The van der Waals surface area contributed by atoms with Gasteiger partial charge in [0.25, 0.3) is 0 Å². The van der Waals surface area contributed by atoms with Crippen molar-refractivity contribution in [3.8, 4) is 11.5 Å². The van der Waals surface area contributed by atoms with Crippen LogP contribution in [0.5, 0.6) is 11.5 Å². The lowest BCUT2D eigenvalue weighted by atomic mass is 10.0. The molecule has 0 saturated carbocycles. The van der Waals surface area contributed by atoms with Gasteiger partial charge in [0, 0.05) is 19.0 Å². The van der Waals surface area contributed by atoms with Gasteiger partial charge in [-0.15, -0.1) is 0 Å². The van der Waals surface area contributed by atoms with Gasteiger partial charge in [-0.3, -0.25) is 4.79 Å². The normalized spacial score (nSPS) is 14.8. The van der Waals surface area contributed by atoms with E-state index in [4.69, 9.17) is 9.47 Å². The van der Waals surface area contributed by atoms with Crippen molar-refractivity contribution in [3.63, 3.8) is 0 Å². The molecule has 1 amide bonds. The molecular formula is C22H28N2O5S. The maximum Gasteiger partial charge on any atom is 0.241 e. The second-order valence-electron chi connectivity index (χ2n) is 7.71. The largest absolute Gasteiger partial charge is 0.490 e. The highest BCUT2D eigenvalue weighted by atomic mass is 32.2. The van der Waals surface area contributed by atoms with E-state index in [1.54, 1.807) is 19.9 Å². The fraction of sp³-hybridized carbons (Fsp3) is 0.409. The standard InChI is InChI=1S/C22H28N2O5S/c1-15(2)21(22(25)23-14-17-7-5-16(3)6-8-17)24-30(26,27)18-9-10-19-20(13-18)29-12-4-11-28-19/h5-10,13,15,21,24H,4,11-12,14H2,1-3H3,(H,23,25)/t21-/m1/s1. The van der Waals surface area contributed by atoms with Crippen molar-refractivity contribution in [1.29, 1.82) is 0 Å². The molecule has 0 spiro atoms. The van der Waals surface area contributed by atoms with Gasteiger partial charge in [0.1, 0.15) is 6.04 Å². The molecule has 0 aliphatic carbocycles. The van der Waals surface area contributed by atoms with Crippen LogP contribution in [0.4, 0.5) is 0 Å². The molecule has 0 fully saturated rings. The topological polar surface area (TPSA) is 93.7 Å². The fourth-order valence-corrected chi connectivity index (χ4v) is 4.40. The highest BCUT2D eigenvalue weighted by Crippen LogP contribution is 2.32. The molecule has 7 nitrogen and oxygen atoms in total. The van der Waals surface area contributed by atoms with Gasteiger partial charge in [-0.05, 0) is 30.5 Å². The van der Waals surface area contributed by atoms with Gasteiger partial charge in [0.15, 0.2) is 11.5 Å². The molecule has 0 unspecified atom stereocenters. The SMILES string of the molecule is Cc1ccc(CNC(=O)[C@H](NS(=O)(=O)c2ccc3c(c2)OCCCO3)C(C)C)cc1. The summed E-state index contributed by atoms with van der Waals surface area (Å²) in [6.07, 6.45) is 0.728. The Morgan fingerprint density at radius 3 is 2.37 bits per heavy atom. The van der Waals surface area contributed by atoms with E-state index in [-0.39, 0.29) is 16.7 Å². The second-order valence-corrected chi connectivity index (χ2v) is 9.42. The Hall–Kier alpha value is -2.58. The monoisotopic (exact) mass is 432 g/mol. The minimum absolute atomic E-state index is 0.0312. The predicted octanol–water partition coefficient (Wildman–Crippen LogP) is 2.78. The van der Waals surface area contributed by atoms with E-state index in [1.165, 1.54) is 12.1 Å². The number of amides is 1. The first-order chi connectivity index (χ1) is 14.3. The smallest absolute Gasteiger partial charge is 0.241 e. The van der Waals surface area contributed by atoms with Crippen LogP contribution in [0.25, 0.3) is 0 Å². The Labute approximate surface area is 177 Å². The predicted molar refractivity (Wildman–Crippen MR) is 114 cm³/mol. The lowest BCUT2D eigenvalue weighted by Gasteiger charge is -2.22. The molecule has 2 aromatic carbocycles. The van der Waals surface area contributed by atoms with Crippen LogP contribution in [-0.2, 0) is 21.4 Å². The van der Waals surface area contributed by atoms with E-state index in [9.17, 15) is 13.2 Å². The van der Waals surface area contributed by atoms with Crippen molar-refractivity contribution in [3.05, 3.63) is 53.6 Å². The van der Waals surface area contributed by atoms with Crippen LogP contribution in [0.15, 0.2) is 47.4 Å². The number of hydrogen-bond acceptors (Lipinski definition) is 5. The van der Waals surface area contributed by atoms with Crippen LogP contribution in [0.2, 0.25) is 0 Å². The summed E-state index contributed by atoms with van der Waals surface area (Å²) in [5.41, 5.74) is 2.08. The molecule has 1 aliphatic rings.